The van der Waals surface area contributed by atoms with Crippen molar-refractivity contribution < 1.29 is 9.84 Å². The summed E-state index contributed by atoms with van der Waals surface area (Å²) in [6.45, 7) is 7.66. The molecule has 1 atom stereocenters. The van der Waals surface area contributed by atoms with E-state index >= 15 is 0 Å². The van der Waals surface area contributed by atoms with E-state index < -0.39 is 0 Å². The quantitative estimate of drug-likeness (QED) is 0.789. The van der Waals surface area contributed by atoms with Crippen molar-refractivity contribution in [2.75, 3.05) is 25.1 Å². The Labute approximate surface area is 170 Å². The maximum atomic E-state index is 9.95. The number of nitrogens with two attached hydrogens (primary N) is 1. The molecule has 0 aromatic carbocycles. The number of aliphatic hydroxyl groups excluding tert-OH is 1. The lowest BCUT2D eigenvalue weighted by atomic mass is 9.75. The molecule has 1 unspecified atom stereocenters. The van der Waals surface area contributed by atoms with Gasteiger partial charge < -0.3 is 20.5 Å². The standard InChI is InChI=1S/C20H28ClN5O2/c1-12-18(14-9-23-10-16(28-4)17(14)21)25-15(11-27)19(24-12)26-7-5-20(3,6-8-26)13(2)22/h9-10,13,27H,5-8,11,22H2,1-4H3. The van der Waals surface area contributed by atoms with Crippen molar-refractivity contribution in [2.24, 2.45) is 11.1 Å². The highest BCUT2D eigenvalue weighted by atomic mass is 35.5. The van der Waals surface area contributed by atoms with Crippen LogP contribution < -0.4 is 15.4 Å². The predicted molar refractivity (Wildman–Crippen MR) is 111 cm³/mol. The molecule has 0 radical (unpaired) electrons. The molecule has 1 fully saturated rings. The molecule has 2 aromatic rings. The van der Waals surface area contributed by atoms with E-state index in [4.69, 9.17) is 27.1 Å². The van der Waals surface area contributed by atoms with Crippen LogP contribution in [0.1, 0.15) is 38.1 Å². The van der Waals surface area contributed by atoms with Crippen LogP contribution in [0.2, 0.25) is 5.02 Å². The summed E-state index contributed by atoms with van der Waals surface area (Å²) in [6, 6.07) is 0.143. The first-order valence-electron chi connectivity index (χ1n) is 9.47. The van der Waals surface area contributed by atoms with Crippen LogP contribution in [0.25, 0.3) is 11.3 Å². The Morgan fingerprint density at radius 1 is 1.32 bits per heavy atom. The van der Waals surface area contributed by atoms with Crippen LogP contribution in [-0.2, 0) is 6.61 Å². The van der Waals surface area contributed by atoms with Gasteiger partial charge in [0.25, 0.3) is 0 Å². The second kappa shape index (κ2) is 8.19. The molecular weight excluding hydrogens is 378 g/mol. The number of aliphatic hydroxyl groups is 1. The molecule has 7 nitrogen and oxygen atoms in total. The molecule has 28 heavy (non-hydrogen) atoms. The lowest BCUT2D eigenvalue weighted by Gasteiger charge is -2.42. The van der Waals surface area contributed by atoms with Crippen molar-refractivity contribution in [3.63, 3.8) is 0 Å². The van der Waals surface area contributed by atoms with Gasteiger partial charge in [0.2, 0.25) is 0 Å². The Morgan fingerprint density at radius 2 is 2.00 bits per heavy atom. The Hall–Kier alpha value is -1.96. The van der Waals surface area contributed by atoms with Gasteiger partial charge in [0.15, 0.2) is 11.6 Å². The highest BCUT2D eigenvalue weighted by Crippen LogP contribution is 2.38. The molecule has 2 aromatic heterocycles. The number of ether oxygens (including phenoxy) is 1. The normalized spacial score (nSPS) is 17.5. The van der Waals surface area contributed by atoms with Crippen molar-refractivity contribution in [1.29, 1.82) is 0 Å². The summed E-state index contributed by atoms with van der Waals surface area (Å²) in [5.74, 6) is 1.20. The van der Waals surface area contributed by atoms with E-state index in [1.807, 2.05) is 6.92 Å². The Bertz CT molecular complexity index is 851. The van der Waals surface area contributed by atoms with Gasteiger partial charge in [-0.15, -0.1) is 0 Å². The molecule has 3 N–H and O–H groups in total. The third-order valence-corrected chi connectivity index (χ3v) is 6.29. The largest absolute Gasteiger partial charge is 0.494 e. The topological polar surface area (TPSA) is 97.4 Å². The molecule has 3 rings (SSSR count). The number of aromatic nitrogens is 3. The van der Waals surface area contributed by atoms with Crippen LogP contribution >= 0.6 is 11.6 Å². The Kier molecular flexibility index (Phi) is 6.07. The number of rotatable bonds is 5. The van der Waals surface area contributed by atoms with Gasteiger partial charge in [-0.25, -0.2) is 9.97 Å². The summed E-state index contributed by atoms with van der Waals surface area (Å²) in [6.07, 6.45) is 5.14. The SMILES string of the molecule is COc1cncc(-c2nc(CO)c(N3CCC(C)(C(C)N)CC3)nc2C)c1Cl. The number of hydrogen-bond acceptors (Lipinski definition) is 7. The zero-order chi connectivity index (χ0) is 20.5. The lowest BCUT2D eigenvalue weighted by Crippen LogP contribution is -2.47. The molecule has 0 amide bonds. The zero-order valence-electron chi connectivity index (χ0n) is 16.9. The Morgan fingerprint density at radius 3 is 2.57 bits per heavy atom. The van der Waals surface area contributed by atoms with E-state index in [0.29, 0.717) is 27.7 Å². The average Bonchev–Trinajstić information content (AvgIpc) is 2.69. The smallest absolute Gasteiger partial charge is 0.156 e. The second-order valence-corrected chi connectivity index (χ2v) is 8.10. The summed E-state index contributed by atoms with van der Waals surface area (Å²) < 4.78 is 5.25. The highest BCUT2D eigenvalue weighted by Gasteiger charge is 2.34. The van der Waals surface area contributed by atoms with E-state index in [1.165, 1.54) is 0 Å². The summed E-state index contributed by atoms with van der Waals surface area (Å²) >= 11 is 6.44. The second-order valence-electron chi connectivity index (χ2n) is 7.72. The van der Waals surface area contributed by atoms with Crippen LogP contribution in [0.3, 0.4) is 0 Å². The van der Waals surface area contributed by atoms with Gasteiger partial charge in [0.1, 0.15) is 5.69 Å². The van der Waals surface area contributed by atoms with Crippen molar-refractivity contribution in [3.8, 4) is 17.0 Å². The first-order chi connectivity index (χ1) is 13.3. The molecule has 0 bridgehead atoms. The molecule has 8 heteroatoms. The number of nitrogens with zero attached hydrogens (tertiary/aromatic N) is 4. The van der Waals surface area contributed by atoms with Crippen LogP contribution in [0, 0.1) is 12.3 Å². The van der Waals surface area contributed by atoms with E-state index in [1.54, 1.807) is 19.5 Å². The van der Waals surface area contributed by atoms with Gasteiger partial charge in [-0.2, -0.15) is 0 Å². The van der Waals surface area contributed by atoms with E-state index in [2.05, 4.69) is 28.7 Å². The summed E-state index contributed by atoms with van der Waals surface area (Å²) in [7, 11) is 1.54. The summed E-state index contributed by atoms with van der Waals surface area (Å²) in [5.41, 5.74) is 8.79. The minimum Gasteiger partial charge on any atom is -0.494 e. The fourth-order valence-corrected chi connectivity index (χ4v) is 3.84. The zero-order valence-corrected chi connectivity index (χ0v) is 17.6. The number of methoxy groups -OCH3 is 1. The van der Waals surface area contributed by atoms with Crippen LogP contribution in [-0.4, -0.2) is 46.3 Å². The van der Waals surface area contributed by atoms with Crippen molar-refractivity contribution in [2.45, 2.75) is 46.3 Å². The number of aryl methyl sites for hydroxylation is 1. The van der Waals surface area contributed by atoms with Crippen LogP contribution in [0.4, 0.5) is 5.82 Å². The molecule has 0 spiro atoms. The maximum Gasteiger partial charge on any atom is 0.156 e. The minimum atomic E-state index is -0.203. The minimum absolute atomic E-state index is 0.123. The Balaban J connectivity index is 1.96. The molecule has 3 heterocycles. The van der Waals surface area contributed by atoms with Gasteiger partial charge in [-0.3, -0.25) is 4.98 Å². The van der Waals surface area contributed by atoms with Gasteiger partial charge in [-0.1, -0.05) is 18.5 Å². The van der Waals surface area contributed by atoms with Crippen LogP contribution in [0.5, 0.6) is 5.75 Å². The molecule has 0 saturated carbocycles. The third kappa shape index (κ3) is 3.79. The number of piperidine rings is 1. The van der Waals surface area contributed by atoms with Crippen LogP contribution in [0.15, 0.2) is 12.4 Å². The first-order valence-corrected chi connectivity index (χ1v) is 9.85. The number of hydrogen-bond donors (Lipinski definition) is 2. The lowest BCUT2D eigenvalue weighted by molar-refractivity contribution is 0.204. The maximum absolute atomic E-state index is 9.95. The molecule has 1 aliphatic rings. The average molecular weight is 406 g/mol. The van der Waals surface area contributed by atoms with Crippen molar-refractivity contribution in [1.82, 2.24) is 15.0 Å². The third-order valence-electron chi connectivity index (χ3n) is 5.90. The number of pyridine rings is 1. The summed E-state index contributed by atoms with van der Waals surface area (Å²) in [4.78, 5) is 15.8. The molecule has 1 saturated heterocycles. The van der Waals surface area contributed by atoms with E-state index in [0.717, 1.165) is 37.4 Å². The summed E-state index contributed by atoms with van der Waals surface area (Å²) in [5, 5.41) is 10.4. The first kappa shape index (κ1) is 20.8. The molecule has 152 valence electrons. The molecule has 1 aliphatic heterocycles. The van der Waals surface area contributed by atoms with Crippen molar-refractivity contribution in [3.05, 3.63) is 28.8 Å². The number of halogens is 1. The van der Waals surface area contributed by atoms with Gasteiger partial charge in [0.05, 0.1) is 36.3 Å². The number of anilines is 1. The molecular formula is C20H28ClN5O2. The monoisotopic (exact) mass is 405 g/mol. The fourth-order valence-electron chi connectivity index (χ4n) is 3.57. The van der Waals surface area contributed by atoms with E-state index in [9.17, 15) is 5.11 Å². The highest BCUT2D eigenvalue weighted by molar-refractivity contribution is 6.34. The molecule has 0 aliphatic carbocycles. The van der Waals surface area contributed by atoms with Gasteiger partial charge in [0, 0.05) is 30.9 Å². The van der Waals surface area contributed by atoms with Gasteiger partial charge >= 0.3 is 0 Å². The fraction of sp³-hybridized carbons (Fsp3) is 0.550. The van der Waals surface area contributed by atoms with E-state index in [-0.39, 0.29) is 18.1 Å². The van der Waals surface area contributed by atoms with Crippen molar-refractivity contribution >= 4 is 17.4 Å². The predicted octanol–water partition coefficient (Wildman–Crippen LogP) is 2.96. The van der Waals surface area contributed by atoms with Gasteiger partial charge in [-0.05, 0) is 32.1 Å².